The van der Waals surface area contributed by atoms with Crippen molar-refractivity contribution in [2.24, 2.45) is 5.73 Å². The molecule has 0 saturated carbocycles. The number of likely N-dealkylation sites (tertiary alicyclic amines) is 1. The molecule has 106 valence electrons. The Hall–Kier alpha value is -1.06. The Labute approximate surface area is 116 Å². The van der Waals surface area contributed by atoms with E-state index >= 15 is 0 Å². The first-order chi connectivity index (χ1) is 9.35. The zero-order chi connectivity index (χ0) is 13.5. The molecule has 1 aromatic rings. The molecule has 0 spiro atoms. The van der Waals surface area contributed by atoms with Crippen LogP contribution in [-0.4, -0.2) is 30.6 Å². The van der Waals surface area contributed by atoms with E-state index in [2.05, 4.69) is 11.8 Å². The molecule has 0 bridgehead atoms. The summed E-state index contributed by atoms with van der Waals surface area (Å²) < 4.78 is 5.90. The number of benzene rings is 1. The molecule has 1 atom stereocenters. The summed E-state index contributed by atoms with van der Waals surface area (Å²) in [4.78, 5) is 2.58. The van der Waals surface area contributed by atoms with Crippen LogP contribution >= 0.6 is 0 Å². The van der Waals surface area contributed by atoms with Crippen LogP contribution in [-0.2, 0) is 6.54 Å². The smallest absolute Gasteiger partial charge is 0.123 e. The molecule has 0 aliphatic carbocycles. The fourth-order valence-corrected chi connectivity index (χ4v) is 2.90. The minimum atomic E-state index is 0.539. The van der Waals surface area contributed by atoms with E-state index in [4.69, 9.17) is 10.5 Å². The van der Waals surface area contributed by atoms with E-state index in [0.717, 1.165) is 30.5 Å². The van der Waals surface area contributed by atoms with Gasteiger partial charge in [0, 0.05) is 24.7 Å². The average Bonchev–Trinajstić information content (AvgIpc) is 2.48. The van der Waals surface area contributed by atoms with Gasteiger partial charge < -0.3 is 10.5 Å². The fraction of sp³-hybridized carbons (Fsp3) is 0.625. The topological polar surface area (TPSA) is 38.5 Å². The quantitative estimate of drug-likeness (QED) is 0.856. The second-order valence-electron chi connectivity index (χ2n) is 5.25. The molecule has 3 heteroatoms. The Morgan fingerprint density at radius 3 is 2.95 bits per heavy atom. The van der Waals surface area contributed by atoms with Crippen LogP contribution in [0.3, 0.4) is 0 Å². The Morgan fingerprint density at radius 2 is 2.16 bits per heavy atom. The summed E-state index contributed by atoms with van der Waals surface area (Å²) in [7, 11) is 0. The fourth-order valence-electron chi connectivity index (χ4n) is 2.90. The SMILES string of the molecule is CCC1CCCCN1CCOc1ccccc1CN. The van der Waals surface area contributed by atoms with Gasteiger partial charge in [0.05, 0.1) is 0 Å². The van der Waals surface area contributed by atoms with E-state index in [9.17, 15) is 0 Å². The van der Waals surface area contributed by atoms with E-state index in [1.165, 1.54) is 32.2 Å². The molecule has 1 unspecified atom stereocenters. The maximum absolute atomic E-state index is 5.90. The van der Waals surface area contributed by atoms with Gasteiger partial charge in [-0.25, -0.2) is 0 Å². The Morgan fingerprint density at radius 1 is 1.32 bits per heavy atom. The summed E-state index contributed by atoms with van der Waals surface area (Å²) in [6.07, 6.45) is 5.30. The van der Waals surface area contributed by atoms with Crippen molar-refractivity contribution in [1.82, 2.24) is 4.90 Å². The highest BCUT2D eigenvalue weighted by atomic mass is 16.5. The van der Waals surface area contributed by atoms with Gasteiger partial charge in [-0.1, -0.05) is 31.5 Å². The first kappa shape index (κ1) is 14.4. The number of nitrogens with two attached hydrogens (primary N) is 1. The molecule has 2 N–H and O–H groups in total. The highest BCUT2D eigenvalue weighted by Crippen LogP contribution is 2.20. The minimum Gasteiger partial charge on any atom is -0.492 e. The molecule has 0 radical (unpaired) electrons. The number of para-hydroxylation sites is 1. The van der Waals surface area contributed by atoms with Crippen molar-refractivity contribution in [1.29, 1.82) is 0 Å². The molecule has 1 aromatic carbocycles. The van der Waals surface area contributed by atoms with Crippen molar-refractivity contribution in [2.75, 3.05) is 19.7 Å². The third-order valence-corrected chi connectivity index (χ3v) is 4.05. The minimum absolute atomic E-state index is 0.539. The van der Waals surface area contributed by atoms with Gasteiger partial charge in [-0.15, -0.1) is 0 Å². The van der Waals surface area contributed by atoms with E-state index in [-0.39, 0.29) is 0 Å². The Balaban J connectivity index is 1.82. The number of hydrogen-bond donors (Lipinski definition) is 1. The predicted molar refractivity (Wildman–Crippen MR) is 79.3 cm³/mol. The normalized spacial score (nSPS) is 20.4. The molecule has 0 amide bonds. The highest BCUT2D eigenvalue weighted by molar-refractivity contribution is 5.32. The third-order valence-electron chi connectivity index (χ3n) is 4.05. The lowest BCUT2D eigenvalue weighted by atomic mass is 10.0. The zero-order valence-corrected chi connectivity index (χ0v) is 12.0. The lowest BCUT2D eigenvalue weighted by Crippen LogP contribution is -2.41. The van der Waals surface area contributed by atoms with Crippen LogP contribution in [0.4, 0.5) is 0 Å². The molecule has 2 rings (SSSR count). The summed E-state index contributed by atoms with van der Waals surface area (Å²) in [5.74, 6) is 0.940. The van der Waals surface area contributed by atoms with Gasteiger partial charge in [0.2, 0.25) is 0 Å². The molecule has 19 heavy (non-hydrogen) atoms. The molecule has 1 aliphatic rings. The van der Waals surface area contributed by atoms with Gasteiger partial charge >= 0.3 is 0 Å². The maximum Gasteiger partial charge on any atom is 0.123 e. The van der Waals surface area contributed by atoms with Crippen LogP contribution in [0.25, 0.3) is 0 Å². The number of rotatable bonds is 6. The average molecular weight is 262 g/mol. The van der Waals surface area contributed by atoms with E-state index in [1.54, 1.807) is 0 Å². The van der Waals surface area contributed by atoms with Crippen LogP contribution in [0.2, 0.25) is 0 Å². The number of ether oxygens (including phenoxy) is 1. The van der Waals surface area contributed by atoms with Crippen molar-refractivity contribution < 1.29 is 4.74 Å². The largest absolute Gasteiger partial charge is 0.492 e. The second kappa shape index (κ2) is 7.51. The van der Waals surface area contributed by atoms with Crippen LogP contribution < -0.4 is 10.5 Å². The van der Waals surface area contributed by atoms with Gasteiger partial charge in [-0.3, -0.25) is 4.90 Å². The van der Waals surface area contributed by atoms with Crippen molar-refractivity contribution in [3.63, 3.8) is 0 Å². The second-order valence-corrected chi connectivity index (χ2v) is 5.25. The molecule has 1 aliphatic heterocycles. The van der Waals surface area contributed by atoms with Crippen molar-refractivity contribution >= 4 is 0 Å². The highest BCUT2D eigenvalue weighted by Gasteiger charge is 2.20. The Bertz CT molecular complexity index is 381. The first-order valence-electron chi connectivity index (χ1n) is 7.50. The van der Waals surface area contributed by atoms with Crippen LogP contribution in [0.5, 0.6) is 5.75 Å². The van der Waals surface area contributed by atoms with Gasteiger partial charge in [0.15, 0.2) is 0 Å². The van der Waals surface area contributed by atoms with Crippen LogP contribution in [0, 0.1) is 0 Å². The number of piperidine rings is 1. The standard InChI is InChI=1S/C16H26N2O/c1-2-15-8-5-6-10-18(15)11-12-19-16-9-4-3-7-14(16)13-17/h3-4,7,9,15H,2,5-6,8,10-13,17H2,1H3. The molecule has 0 aromatic heterocycles. The summed E-state index contributed by atoms with van der Waals surface area (Å²) in [5.41, 5.74) is 6.81. The van der Waals surface area contributed by atoms with Gasteiger partial charge in [-0.2, -0.15) is 0 Å². The van der Waals surface area contributed by atoms with Crippen molar-refractivity contribution in [2.45, 2.75) is 45.2 Å². The number of hydrogen-bond acceptors (Lipinski definition) is 3. The van der Waals surface area contributed by atoms with E-state index < -0.39 is 0 Å². The van der Waals surface area contributed by atoms with E-state index in [1.807, 2.05) is 24.3 Å². The molecule has 3 nitrogen and oxygen atoms in total. The lowest BCUT2D eigenvalue weighted by molar-refractivity contribution is 0.120. The Kier molecular flexibility index (Phi) is 5.67. The van der Waals surface area contributed by atoms with E-state index in [0.29, 0.717) is 6.54 Å². The summed E-state index contributed by atoms with van der Waals surface area (Å²) >= 11 is 0. The van der Waals surface area contributed by atoms with Crippen LogP contribution in [0.1, 0.15) is 38.2 Å². The maximum atomic E-state index is 5.90. The van der Waals surface area contributed by atoms with Crippen molar-refractivity contribution in [3.8, 4) is 5.75 Å². The molecule has 1 fully saturated rings. The summed E-state index contributed by atoms with van der Waals surface area (Å²) in [5, 5.41) is 0. The monoisotopic (exact) mass is 262 g/mol. The molecular formula is C16H26N2O. The number of nitrogens with zero attached hydrogens (tertiary/aromatic N) is 1. The van der Waals surface area contributed by atoms with Crippen LogP contribution in [0.15, 0.2) is 24.3 Å². The molecule has 1 heterocycles. The zero-order valence-electron chi connectivity index (χ0n) is 12.0. The molecular weight excluding hydrogens is 236 g/mol. The first-order valence-corrected chi connectivity index (χ1v) is 7.50. The lowest BCUT2D eigenvalue weighted by Gasteiger charge is -2.35. The van der Waals surface area contributed by atoms with Gasteiger partial charge in [0.1, 0.15) is 12.4 Å². The third kappa shape index (κ3) is 3.95. The molecule has 1 saturated heterocycles. The summed E-state index contributed by atoms with van der Waals surface area (Å²) in [6, 6.07) is 8.81. The van der Waals surface area contributed by atoms with Gasteiger partial charge in [0.25, 0.3) is 0 Å². The summed E-state index contributed by atoms with van der Waals surface area (Å²) in [6.45, 7) is 5.83. The predicted octanol–water partition coefficient (Wildman–Crippen LogP) is 2.79. The van der Waals surface area contributed by atoms with Gasteiger partial charge in [-0.05, 0) is 31.9 Å². The van der Waals surface area contributed by atoms with Crippen molar-refractivity contribution in [3.05, 3.63) is 29.8 Å².